The molecule has 0 amide bonds. The van der Waals surface area contributed by atoms with Crippen LogP contribution in [0.3, 0.4) is 0 Å². The molecule has 0 aliphatic rings. The van der Waals surface area contributed by atoms with Crippen molar-refractivity contribution in [2.45, 2.75) is 97.5 Å². The summed E-state index contributed by atoms with van der Waals surface area (Å²) in [6, 6.07) is 0. The first-order valence-electron chi connectivity index (χ1n) is 7.96. The van der Waals surface area contributed by atoms with Crippen molar-refractivity contribution >= 4 is 0 Å². The zero-order valence-electron chi connectivity index (χ0n) is 12.5. The third kappa shape index (κ3) is 12.2. The van der Waals surface area contributed by atoms with Crippen molar-refractivity contribution in [3.63, 3.8) is 0 Å². The summed E-state index contributed by atoms with van der Waals surface area (Å²) in [4.78, 5) is 0. The van der Waals surface area contributed by atoms with E-state index in [0.717, 1.165) is 6.61 Å². The van der Waals surface area contributed by atoms with Gasteiger partial charge in [-0.15, -0.1) is 0 Å². The van der Waals surface area contributed by atoms with E-state index in [1.807, 2.05) is 0 Å². The number of hydrogen-bond donors (Lipinski definition) is 0. The summed E-state index contributed by atoms with van der Waals surface area (Å²) in [5.41, 5.74) is 0. The Hall–Kier alpha value is -0.0400. The van der Waals surface area contributed by atoms with Crippen LogP contribution in [0, 0.1) is 0 Å². The fraction of sp³-hybridized carbons (Fsp3) is 1.00. The van der Waals surface area contributed by atoms with Gasteiger partial charge in [-0.25, -0.2) is 0 Å². The Morgan fingerprint density at radius 3 is 1.76 bits per heavy atom. The molecule has 1 nitrogen and oxygen atoms in total. The van der Waals surface area contributed by atoms with Gasteiger partial charge in [0.1, 0.15) is 0 Å². The van der Waals surface area contributed by atoms with Gasteiger partial charge in [0, 0.05) is 6.61 Å². The number of unbranched alkanes of at least 4 members (excludes halogenated alkanes) is 7. The first-order valence-corrected chi connectivity index (χ1v) is 7.96. The quantitative estimate of drug-likeness (QED) is 0.375. The maximum Gasteiger partial charge on any atom is 0.0575 e. The molecule has 0 bridgehead atoms. The molecule has 0 radical (unpaired) electrons. The van der Waals surface area contributed by atoms with E-state index in [-0.39, 0.29) is 0 Å². The monoisotopic (exact) mass is 242 g/mol. The molecule has 0 aromatic heterocycles. The van der Waals surface area contributed by atoms with Crippen LogP contribution < -0.4 is 0 Å². The Labute approximate surface area is 109 Å². The Morgan fingerprint density at radius 2 is 1.18 bits per heavy atom. The molecule has 0 fully saturated rings. The minimum atomic E-state index is 0.538. The van der Waals surface area contributed by atoms with Gasteiger partial charge in [-0.3, -0.25) is 0 Å². The first-order chi connectivity index (χ1) is 8.35. The van der Waals surface area contributed by atoms with Crippen molar-refractivity contribution in [3.05, 3.63) is 0 Å². The average Bonchev–Trinajstić information content (AvgIpc) is 2.34. The molecular formula is C16H34O. The van der Waals surface area contributed by atoms with Gasteiger partial charge in [-0.1, -0.05) is 71.6 Å². The molecule has 0 heterocycles. The van der Waals surface area contributed by atoms with Crippen LogP contribution in [0.4, 0.5) is 0 Å². The van der Waals surface area contributed by atoms with E-state index in [0.29, 0.717) is 6.10 Å². The van der Waals surface area contributed by atoms with Gasteiger partial charge in [0.15, 0.2) is 0 Å². The molecule has 1 heteroatoms. The second kappa shape index (κ2) is 14.0. The molecule has 0 aromatic rings. The predicted molar refractivity (Wildman–Crippen MR) is 77.5 cm³/mol. The lowest BCUT2D eigenvalue weighted by atomic mass is 10.0. The van der Waals surface area contributed by atoms with Gasteiger partial charge >= 0.3 is 0 Å². The summed E-state index contributed by atoms with van der Waals surface area (Å²) < 4.78 is 5.79. The zero-order valence-corrected chi connectivity index (χ0v) is 12.5. The van der Waals surface area contributed by atoms with E-state index < -0.39 is 0 Å². The normalized spacial score (nSPS) is 12.9. The largest absolute Gasteiger partial charge is 0.379 e. The molecular weight excluding hydrogens is 208 g/mol. The van der Waals surface area contributed by atoms with Gasteiger partial charge in [-0.05, 0) is 19.8 Å². The van der Waals surface area contributed by atoms with Crippen LogP contribution in [-0.2, 0) is 4.74 Å². The second-order valence-electron chi connectivity index (χ2n) is 5.13. The maximum atomic E-state index is 5.79. The van der Waals surface area contributed by atoms with Crippen molar-refractivity contribution in [1.82, 2.24) is 0 Å². The molecule has 0 saturated heterocycles. The highest BCUT2D eigenvalue weighted by molar-refractivity contribution is 4.59. The van der Waals surface area contributed by atoms with Crippen molar-refractivity contribution in [2.75, 3.05) is 6.61 Å². The Kier molecular flexibility index (Phi) is 14.0. The Bertz CT molecular complexity index is 133. The highest BCUT2D eigenvalue weighted by atomic mass is 16.5. The molecule has 0 rings (SSSR count). The molecule has 0 aliphatic carbocycles. The number of ether oxygens (including phenoxy) is 1. The highest BCUT2D eigenvalue weighted by Crippen LogP contribution is 2.15. The van der Waals surface area contributed by atoms with Gasteiger partial charge < -0.3 is 4.74 Å². The summed E-state index contributed by atoms with van der Waals surface area (Å²) >= 11 is 0. The molecule has 17 heavy (non-hydrogen) atoms. The Morgan fingerprint density at radius 1 is 0.647 bits per heavy atom. The van der Waals surface area contributed by atoms with E-state index in [2.05, 4.69) is 20.8 Å². The molecule has 0 N–H and O–H groups in total. The van der Waals surface area contributed by atoms with Crippen LogP contribution in [0.5, 0.6) is 0 Å². The third-order valence-corrected chi connectivity index (χ3v) is 3.41. The lowest BCUT2D eigenvalue weighted by molar-refractivity contribution is 0.0473. The van der Waals surface area contributed by atoms with Crippen LogP contribution in [0.25, 0.3) is 0 Å². The topological polar surface area (TPSA) is 9.23 Å². The smallest absolute Gasteiger partial charge is 0.0575 e. The van der Waals surface area contributed by atoms with Crippen LogP contribution in [-0.4, -0.2) is 12.7 Å². The summed E-state index contributed by atoms with van der Waals surface area (Å²) in [7, 11) is 0. The van der Waals surface area contributed by atoms with Crippen LogP contribution in [0.2, 0.25) is 0 Å². The molecule has 1 atom stereocenters. The van der Waals surface area contributed by atoms with E-state index in [4.69, 9.17) is 4.74 Å². The first kappa shape index (κ1) is 17.0. The van der Waals surface area contributed by atoms with Gasteiger partial charge in [0.05, 0.1) is 6.10 Å². The fourth-order valence-corrected chi connectivity index (χ4v) is 2.31. The Balaban J connectivity index is 3.34. The van der Waals surface area contributed by atoms with Crippen molar-refractivity contribution in [3.8, 4) is 0 Å². The van der Waals surface area contributed by atoms with E-state index in [1.54, 1.807) is 0 Å². The van der Waals surface area contributed by atoms with Crippen molar-refractivity contribution < 1.29 is 4.74 Å². The average molecular weight is 242 g/mol. The second-order valence-corrected chi connectivity index (χ2v) is 5.13. The molecule has 104 valence electrons. The lowest BCUT2D eigenvalue weighted by Gasteiger charge is -2.16. The summed E-state index contributed by atoms with van der Waals surface area (Å²) in [5.74, 6) is 0. The standard InChI is InChI=1S/C16H34O/c1-4-7-9-10-11-12-13-15-16(17-6-3)14-8-5-2/h16H,4-15H2,1-3H3. The summed E-state index contributed by atoms with van der Waals surface area (Å²) in [5, 5.41) is 0. The van der Waals surface area contributed by atoms with Crippen LogP contribution >= 0.6 is 0 Å². The van der Waals surface area contributed by atoms with E-state index in [9.17, 15) is 0 Å². The van der Waals surface area contributed by atoms with Gasteiger partial charge in [0.25, 0.3) is 0 Å². The van der Waals surface area contributed by atoms with E-state index >= 15 is 0 Å². The summed E-state index contributed by atoms with van der Waals surface area (Å²) in [6.07, 6.45) is 15.5. The van der Waals surface area contributed by atoms with Crippen LogP contribution in [0.15, 0.2) is 0 Å². The molecule has 0 spiro atoms. The minimum Gasteiger partial charge on any atom is -0.379 e. The minimum absolute atomic E-state index is 0.538. The predicted octanol–water partition coefficient (Wildman–Crippen LogP) is 5.72. The summed E-state index contributed by atoms with van der Waals surface area (Å²) in [6.45, 7) is 7.53. The van der Waals surface area contributed by atoms with Gasteiger partial charge in [-0.2, -0.15) is 0 Å². The maximum absolute atomic E-state index is 5.79. The van der Waals surface area contributed by atoms with Crippen LogP contribution in [0.1, 0.15) is 91.4 Å². The SMILES string of the molecule is CCCCCCCCCC(CCCC)OCC. The van der Waals surface area contributed by atoms with Crippen molar-refractivity contribution in [2.24, 2.45) is 0 Å². The lowest BCUT2D eigenvalue weighted by Crippen LogP contribution is -2.12. The molecule has 1 unspecified atom stereocenters. The molecule has 0 aromatic carbocycles. The zero-order chi connectivity index (χ0) is 12.8. The highest BCUT2D eigenvalue weighted by Gasteiger charge is 2.06. The third-order valence-electron chi connectivity index (χ3n) is 3.41. The number of rotatable bonds is 13. The van der Waals surface area contributed by atoms with Crippen molar-refractivity contribution in [1.29, 1.82) is 0 Å². The molecule has 0 aliphatic heterocycles. The van der Waals surface area contributed by atoms with Gasteiger partial charge in [0.2, 0.25) is 0 Å². The van der Waals surface area contributed by atoms with E-state index in [1.165, 1.54) is 70.6 Å². The number of hydrogen-bond acceptors (Lipinski definition) is 1. The molecule has 0 saturated carbocycles. The fourth-order valence-electron chi connectivity index (χ4n) is 2.31.